The fourth-order valence-electron chi connectivity index (χ4n) is 1.39. The molecule has 0 aliphatic heterocycles. The number of pyridine rings is 1. The second kappa shape index (κ2) is 5.68. The lowest BCUT2D eigenvalue weighted by Gasteiger charge is -2.21. The summed E-state index contributed by atoms with van der Waals surface area (Å²) < 4.78 is 5.00. The van der Waals surface area contributed by atoms with Gasteiger partial charge in [0.25, 0.3) is 0 Å². The lowest BCUT2D eigenvalue weighted by Crippen LogP contribution is -2.24. The van der Waals surface area contributed by atoms with Crippen molar-refractivity contribution in [2.24, 2.45) is 0 Å². The van der Waals surface area contributed by atoms with Crippen molar-refractivity contribution >= 4 is 5.82 Å². The van der Waals surface area contributed by atoms with Gasteiger partial charge in [-0.05, 0) is 13.0 Å². The van der Waals surface area contributed by atoms with Gasteiger partial charge in [0.15, 0.2) is 0 Å². The SMILES string of the molecule is COCCN(C)c1ncccc1[C@@H](C)O. The van der Waals surface area contributed by atoms with Crippen molar-refractivity contribution < 1.29 is 9.84 Å². The molecule has 1 aromatic rings. The standard InChI is InChI=1S/C11H18N2O2/c1-9(14)10-5-4-6-12-11(10)13(2)7-8-15-3/h4-6,9,14H,7-8H2,1-3H3/t9-/m1/s1. The molecular weight excluding hydrogens is 192 g/mol. The van der Waals surface area contributed by atoms with Crippen molar-refractivity contribution in [2.75, 3.05) is 32.2 Å². The molecule has 4 heteroatoms. The summed E-state index contributed by atoms with van der Waals surface area (Å²) in [4.78, 5) is 6.24. The summed E-state index contributed by atoms with van der Waals surface area (Å²) >= 11 is 0. The predicted octanol–water partition coefficient (Wildman–Crippen LogP) is 1.22. The first kappa shape index (κ1) is 11.9. The molecule has 0 aliphatic carbocycles. The molecule has 0 saturated heterocycles. The number of hydrogen-bond acceptors (Lipinski definition) is 4. The highest BCUT2D eigenvalue weighted by atomic mass is 16.5. The second-order valence-electron chi connectivity index (χ2n) is 3.51. The topological polar surface area (TPSA) is 45.6 Å². The quantitative estimate of drug-likeness (QED) is 0.793. The average Bonchev–Trinajstić information content (AvgIpc) is 2.25. The smallest absolute Gasteiger partial charge is 0.134 e. The van der Waals surface area contributed by atoms with E-state index in [-0.39, 0.29) is 0 Å². The summed E-state index contributed by atoms with van der Waals surface area (Å²) in [5.41, 5.74) is 0.844. The van der Waals surface area contributed by atoms with E-state index in [9.17, 15) is 5.11 Å². The molecule has 0 fully saturated rings. The molecule has 0 saturated carbocycles. The monoisotopic (exact) mass is 210 g/mol. The van der Waals surface area contributed by atoms with Gasteiger partial charge in [-0.2, -0.15) is 0 Å². The largest absolute Gasteiger partial charge is 0.389 e. The fourth-order valence-corrected chi connectivity index (χ4v) is 1.39. The molecule has 0 aromatic carbocycles. The third kappa shape index (κ3) is 3.18. The van der Waals surface area contributed by atoms with Crippen molar-refractivity contribution in [2.45, 2.75) is 13.0 Å². The number of ether oxygens (including phenoxy) is 1. The van der Waals surface area contributed by atoms with Crippen molar-refractivity contribution in [3.05, 3.63) is 23.9 Å². The van der Waals surface area contributed by atoms with Gasteiger partial charge in [0.1, 0.15) is 5.82 Å². The molecule has 1 heterocycles. The molecule has 0 unspecified atom stereocenters. The zero-order chi connectivity index (χ0) is 11.3. The highest BCUT2D eigenvalue weighted by Gasteiger charge is 2.11. The van der Waals surface area contributed by atoms with Crippen LogP contribution in [0.15, 0.2) is 18.3 Å². The first-order valence-electron chi connectivity index (χ1n) is 5.00. The van der Waals surface area contributed by atoms with Gasteiger partial charge in [-0.25, -0.2) is 4.98 Å². The number of likely N-dealkylation sites (N-methyl/N-ethyl adjacent to an activating group) is 1. The Bertz CT molecular complexity index is 302. The Hall–Kier alpha value is -1.13. The Labute approximate surface area is 90.5 Å². The zero-order valence-electron chi connectivity index (χ0n) is 9.47. The Morgan fingerprint density at radius 2 is 2.33 bits per heavy atom. The first-order chi connectivity index (χ1) is 7.16. The van der Waals surface area contributed by atoms with E-state index in [0.717, 1.165) is 17.9 Å². The Balaban J connectivity index is 2.82. The van der Waals surface area contributed by atoms with Crippen LogP contribution in [0.25, 0.3) is 0 Å². The van der Waals surface area contributed by atoms with Gasteiger partial charge in [-0.3, -0.25) is 0 Å². The van der Waals surface area contributed by atoms with Gasteiger partial charge in [-0.1, -0.05) is 6.07 Å². The van der Waals surface area contributed by atoms with Gasteiger partial charge >= 0.3 is 0 Å². The summed E-state index contributed by atoms with van der Waals surface area (Å²) in [6.07, 6.45) is 1.23. The Kier molecular flexibility index (Phi) is 4.52. The summed E-state index contributed by atoms with van der Waals surface area (Å²) in [6, 6.07) is 3.71. The number of anilines is 1. The maximum absolute atomic E-state index is 9.58. The van der Waals surface area contributed by atoms with E-state index in [1.807, 2.05) is 24.1 Å². The molecule has 0 aliphatic rings. The minimum Gasteiger partial charge on any atom is -0.389 e. The summed E-state index contributed by atoms with van der Waals surface area (Å²) in [5, 5.41) is 9.58. The third-order valence-electron chi connectivity index (χ3n) is 2.26. The maximum Gasteiger partial charge on any atom is 0.134 e. The number of aliphatic hydroxyl groups is 1. The van der Waals surface area contributed by atoms with Gasteiger partial charge < -0.3 is 14.7 Å². The van der Waals surface area contributed by atoms with Crippen LogP contribution in [0, 0.1) is 0 Å². The first-order valence-corrected chi connectivity index (χ1v) is 5.00. The van der Waals surface area contributed by atoms with Gasteiger partial charge in [0, 0.05) is 32.5 Å². The number of rotatable bonds is 5. The minimum atomic E-state index is -0.501. The van der Waals surface area contributed by atoms with Crippen LogP contribution in [0.3, 0.4) is 0 Å². The van der Waals surface area contributed by atoms with Crippen molar-refractivity contribution in [3.63, 3.8) is 0 Å². The third-order valence-corrected chi connectivity index (χ3v) is 2.26. The second-order valence-corrected chi connectivity index (χ2v) is 3.51. The van der Waals surface area contributed by atoms with Gasteiger partial charge in [0.05, 0.1) is 12.7 Å². The van der Waals surface area contributed by atoms with Crippen LogP contribution < -0.4 is 4.90 Å². The van der Waals surface area contributed by atoms with Crippen molar-refractivity contribution in [3.8, 4) is 0 Å². The minimum absolute atomic E-state index is 0.501. The molecule has 1 N–H and O–H groups in total. The number of hydrogen-bond donors (Lipinski definition) is 1. The van der Waals surface area contributed by atoms with E-state index < -0.39 is 6.10 Å². The van der Waals surface area contributed by atoms with E-state index in [0.29, 0.717) is 6.61 Å². The number of nitrogens with zero attached hydrogens (tertiary/aromatic N) is 2. The number of aliphatic hydroxyl groups excluding tert-OH is 1. The molecule has 0 amide bonds. The normalized spacial score (nSPS) is 12.5. The van der Waals surface area contributed by atoms with E-state index in [2.05, 4.69) is 4.98 Å². The number of aromatic nitrogens is 1. The lowest BCUT2D eigenvalue weighted by atomic mass is 10.1. The molecule has 4 nitrogen and oxygen atoms in total. The van der Waals surface area contributed by atoms with E-state index in [1.165, 1.54) is 0 Å². The molecule has 1 atom stereocenters. The van der Waals surface area contributed by atoms with Crippen LogP contribution in [0.2, 0.25) is 0 Å². The van der Waals surface area contributed by atoms with E-state index in [4.69, 9.17) is 4.74 Å². The highest BCUT2D eigenvalue weighted by molar-refractivity contribution is 5.46. The van der Waals surface area contributed by atoms with Crippen LogP contribution in [0.5, 0.6) is 0 Å². The van der Waals surface area contributed by atoms with Crippen molar-refractivity contribution in [1.29, 1.82) is 0 Å². The van der Waals surface area contributed by atoms with Crippen LogP contribution in [-0.2, 0) is 4.74 Å². The Morgan fingerprint density at radius 3 is 2.93 bits per heavy atom. The molecule has 1 rings (SSSR count). The maximum atomic E-state index is 9.58. The molecule has 1 aromatic heterocycles. The molecule has 15 heavy (non-hydrogen) atoms. The highest BCUT2D eigenvalue weighted by Crippen LogP contribution is 2.22. The van der Waals surface area contributed by atoms with Crippen LogP contribution in [-0.4, -0.2) is 37.4 Å². The van der Waals surface area contributed by atoms with Gasteiger partial charge in [0.2, 0.25) is 0 Å². The number of methoxy groups -OCH3 is 1. The van der Waals surface area contributed by atoms with Gasteiger partial charge in [-0.15, -0.1) is 0 Å². The lowest BCUT2D eigenvalue weighted by molar-refractivity contribution is 0.197. The zero-order valence-corrected chi connectivity index (χ0v) is 9.47. The summed E-state index contributed by atoms with van der Waals surface area (Å²) in [6.45, 7) is 3.14. The predicted molar refractivity (Wildman–Crippen MR) is 60.0 cm³/mol. The van der Waals surface area contributed by atoms with E-state index in [1.54, 1.807) is 20.2 Å². The molecule has 0 radical (unpaired) electrons. The Morgan fingerprint density at radius 1 is 1.60 bits per heavy atom. The van der Waals surface area contributed by atoms with Crippen LogP contribution in [0.4, 0.5) is 5.82 Å². The molecule has 0 bridgehead atoms. The average molecular weight is 210 g/mol. The molecule has 0 spiro atoms. The van der Waals surface area contributed by atoms with Crippen molar-refractivity contribution in [1.82, 2.24) is 4.98 Å². The summed E-state index contributed by atoms with van der Waals surface area (Å²) in [5.74, 6) is 0.810. The van der Waals surface area contributed by atoms with Crippen LogP contribution in [0.1, 0.15) is 18.6 Å². The molecular formula is C11H18N2O2. The van der Waals surface area contributed by atoms with E-state index >= 15 is 0 Å². The van der Waals surface area contributed by atoms with Crippen LogP contribution >= 0.6 is 0 Å². The fraction of sp³-hybridized carbons (Fsp3) is 0.545. The summed E-state index contributed by atoms with van der Waals surface area (Å²) in [7, 11) is 3.61. The molecule has 84 valence electrons.